The fourth-order valence-electron chi connectivity index (χ4n) is 1.30. The first-order valence-electron chi connectivity index (χ1n) is 5.57. The lowest BCUT2D eigenvalue weighted by molar-refractivity contribution is 0.0956. The third kappa shape index (κ3) is 6.63. The van der Waals surface area contributed by atoms with Gasteiger partial charge in [0.1, 0.15) is 0 Å². The summed E-state index contributed by atoms with van der Waals surface area (Å²) < 4.78 is 5.49. The van der Waals surface area contributed by atoms with Gasteiger partial charge in [-0.25, -0.2) is 0 Å². The summed E-state index contributed by atoms with van der Waals surface area (Å²) in [5.41, 5.74) is 0.122. The SMILES string of the molecule is CCN(CC)C(Cl)CCOCC(C)C. The van der Waals surface area contributed by atoms with Crippen molar-refractivity contribution in [2.45, 2.75) is 39.6 Å². The summed E-state index contributed by atoms with van der Waals surface area (Å²) in [5, 5.41) is 0. The van der Waals surface area contributed by atoms with Gasteiger partial charge in [0.2, 0.25) is 0 Å². The largest absolute Gasteiger partial charge is 0.381 e. The van der Waals surface area contributed by atoms with Crippen molar-refractivity contribution in [1.29, 1.82) is 0 Å². The van der Waals surface area contributed by atoms with E-state index in [2.05, 4.69) is 32.6 Å². The number of ether oxygens (including phenoxy) is 1. The van der Waals surface area contributed by atoms with Gasteiger partial charge in [0.25, 0.3) is 0 Å². The van der Waals surface area contributed by atoms with Gasteiger partial charge in [0, 0.05) is 19.6 Å². The molecule has 0 saturated heterocycles. The third-order valence-electron chi connectivity index (χ3n) is 2.16. The van der Waals surface area contributed by atoms with Crippen LogP contribution in [0.1, 0.15) is 34.1 Å². The maximum Gasteiger partial charge on any atom is 0.0872 e. The maximum atomic E-state index is 6.21. The first-order valence-corrected chi connectivity index (χ1v) is 6.01. The first-order chi connectivity index (χ1) is 6.61. The van der Waals surface area contributed by atoms with Crippen molar-refractivity contribution in [2.24, 2.45) is 5.92 Å². The van der Waals surface area contributed by atoms with E-state index < -0.39 is 0 Å². The molecular formula is C11H24ClNO. The van der Waals surface area contributed by atoms with Crippen LogP contribution in [0.3, 0.4) is 0 Å². The van der Waals surface area contributed by atoms with Crippen molar-refractivity contribution in [3.8, 4) is 0 Å². The van der Waals surface area contributed by atoms with Crippen molar-refractivity contribution in [1.82, 2.24) is 4.90 Å². The van der Waals surface area contributed by atoms with E-state index >= 15 is 0 Å². The first kappa shape index (κ1) is 14.2. The molecule has 1 atom stereocenters. The van der Waals surface area contributed by atoms with Gasteiger partial charge in [-0.3, -0.25) is 4.90 Å². The summed E-state index contributed by atoms with van der Waals surface area (Å²) in [7, 11) is 0. The van der Waals surface area contributed by atoms with Crippen LogP contribution in [0.4, 0.5) is 0 Å². The normalized spacial score (nSPS) is 13.9. The van der Waals surface area contributed by atoms with E-state index in [1.165, 1.54) is 0 Å². The molecule has 0 heterocycles. The minimum absolute atomic E-state index is 0.122. The summed E-state index contributed by atoms with van der Waals surface area (Å²) in [4.78, 5) is 2.24. The van der Waals surface area contributed by atoms with Crippen molar-refractivity contribution in [2.75, 3.05) is 26.3 Å². The van der Waals surface area contributed by atoms with E-state index in [1.807, 2.05) is 0 Å². The zero-order valence-corrected chi connectivity index (χ0v) is 10.7. The van der Waals surface area contributed by atoms with E-state index in [1.54, 1.807) is 0 Å². The maximum absolute atomic E-state index is 6.21. The molecule has 86 valence electrons. The minimum Gasteiger partial charge on any atom is -0.381 e. The Labute approximate surface area is 93.6 Å². The van der Waals surface area contributed by atoms with Gasteiger partial charge in [0.15, 0.2) is 0 Å². The monoisotopic (exact) mass is 221 g/mol. The predicted octanol–water partition coefficient (Wildman–Crippen LogP) is 2.96. The summed E-state index contributed by atoms with van der Waals surface area (Å²) in [6.07, 6.45) is 0.913. The van der Waals surface area contributed by atoms with Crippen LogP contribution < -0.4 is 0 Å². The molecule has 0 aromatic heterocycles. The summed E-state index contributed by atoms with van der Waals surface area (Å²) in [6.45, 7) is 12.2. The molecule has 0 fully saturated rings. The average Bonchev–Trinajstić information content (AvgIpc) is 2.14. The molecule has 0 spiro atoms. The Bertz CT molecular complexity index is 126. The molecule has 0 aromatic carbocycles. The smallest absolute Gasteiger partial charge is 0.0872 e. The Kier molecular flexibility index (Phi) is 8.64. The van der Waals surface area contributed by atoms with Gasteiger partial charge >= 0.3 is 0 Å². The number of nitrogens with zero attached hydrogens (tertiary/aromatic N) is 1. The second kappa shape index (κ2) is 8.51. The fraction of sp³-hybridized carbons (Fsp3) is 1.00. The van der Waals surface area contributed by atoms with Crippen molar-refractivity contribution < 1.29 is 4.74 Å². The van der Waals surface area contributed by atoms with E-state index in [0.29, 0.717) is 5.92 Å². The molecule has 2 nitrogen and oxygen atoms in total. The molecule has 0 radical (unpaired) electrons. The molecule has 0 saturated carbocycles. The van der Waals surface area contributed by atoms with Gasteiger partial charge in [-0.2, -0.15) is 0 Å². The summed E-state index contributed by atoms with van der Waals surface area (Å²) in [5.74, 6) is 0.609. The fourth-order valence-corrected chi connectivity index (χ4v) is 1.67. The standard InChI is InChI=1S/C11H24ClNO/c1-5-13(6-2)11(12)7-8-14-9-10(3)4/h10-11H,5-9H2,1-4H3. The molecular weight excluding hydrogens is 198 g/mol. The highest BCUT2D eigenvalue weighted by atomic mass is 35.5. The van der Waals surface area contributed by atoms with E-state index in [-0.39, 0.29) is 5.50 Å². The van der Waals surface area contributed by atoms with E-state index in [9.17, 15) is 0 Å². The van der Waals surface area contributed by atoms with Gasteiger partial charge in [0.05, 0.1) is 5.50 Å². The van der Waals surface area contributed by atoms with Crippen LogP contribution in [0.25, 0.3) is 0 Å². The van der Waals surface area contributed by atoms with E-state index in [0.717, 1.165) is 32.7 Å². The number of hydrogen-bond acceptors (Lipinski definition) is 2. The summed E-state index contributed by atoms with van der Waals surface area (Å²) >= 11 is 6.21. The quantitative estimate of drug-likeness (QED) is 0.355. The number of alkyl halides is 1. The Morgan fingerprint density at radius 2 is 1.79 bits per heavy atom. The Morgan fingerprint density at radius 3 is 2.21 bits per heavy atom. The van der Waals surface area contributed by atoms with E-state index in [4.69, 9.17) is 16.3 Å². The zero-order chi connectivity index (χ0) is 11.0. The molecule has 3 heteroatoms. The number of halogens is 1. The van der Waals surface area contributed by atoms with Crippen LogP contribution in [0.2, 0.25) is 0 Å². The average molecular weight is 222 g/mol. The highest BCUT2D eigenvalue weighted by Gasteiger charge is 2.11. The second-order valence-electron chi connectivity index (χ2n) is 3.91. The lowest BCUT2D eigenvalue weighted by Crippen LogP contribution is -2.31. The van der Waals surface area contributed by atoms with Crippen LogP contribution in [0.5, 0.6) is 0 Å². The van der Waals surface area contributed by atoms with Crippen molar-refractivity contribution in [3.05, 3.63) is 0 Å². The molecule has 14 heavy (non-hydrogen) atoms. The molecule has 0 aliphatic heterocycles. The van der Waals surface area contributed by atoms with Gasteiger partial charge in [-0.1, -0.05) is 27.7 Å². The van der Waals surface area contributed by atoms with Crippen LogP contribution >= 0.6 is 11.6 Å². The number of hydrogen-bond donors (Lipinski definition) is 0. The Hall–Kier alpha value is 0.210. The molecule has 0 bridgehead atoms. The van der Waals surface area contributed by atoms with Crippen LogP contribution in [0, 0.1) is 5.92 Å². The molecule has 0 N–H and O–H groups in total. The molecule has 0 aliphatic carbocycles. The van der Waals surface area contributed by atoms with Crippen molar-refractivity contribution >= 4 is 11.6 Å². The van der Waals surface area contributed by atoms with Crippen LogP contribution in [-0.4, -0.2) is 36.7 Å². The summed E-state index contributed by atoms with van der Waals surface area (Å²) in [6, 6.07) is 0. The topological polar surface area (TPSA) is 12.5 Å². The van der Waals surface area contributed by atoms with Gasteiger partial charge < -0.3 is 4.74 Å². The molecule has 1 unspecified atom stereocenters. The predicted molar refractivity (Wildman–Crippen MR) is 62.8 cm³/mol. The Balaban J connectivity index is 3.47. The molecule has 0 aliphatic rings. The van der Waals surface area contributed by atoms with Crippen molar-refractivity contribution in [3.63, 3.8) is 0 Å². The minimum atomic E-state index is 0.122. The van der Waals surface area contributed by atoms with Gasteiger partial charge in [-0.05, 0) is 19.0 Å². The lowest BCUT2D eigenvalue weighted by atomic mass is 10.2. The molecule has 0 amide bonds. The van der Waals surface area contributed by atoms with Gasteiger partial charge in [-0.15, -0.1) is 11.6 Å². The van der Waals surface area contributed by atoms with Crippen LogP contribution in [-0.2, 0) is 4.74 Å². The third-order valence-corrected chi connectivity index (χ3v) is 2.65. The Morgan fingerprint density at radius 1 is 1.21 bits per heavy atom. The highest BCUT2D eigenvalue weighted by molar-refractivity contribution is 6.20. The lowest BCUT2D eigenvalue weighted by Gasteiger charge is -2.24. The highest BCUT2D eigenvalue weighted by Crippen LogP contribution is 2.09. The van der Waals surface area contributed by atoms with Crippen LogP contribution in [0.15, 0.2) is 0 Å². The number of rotatable bonds is 8. The molecule has 0 rings (SSSR count). The zero-order valence-electron chi connectivity index (χ0n) is 9.92. The second-order valence-corrected chi connectivity index (χ2v) is 4.42. The molecule has 0 aromatic rings.